The lowest BCUT2D eigenvalue weighted by molar-refractivity contribution is -0.384. The predicted octanol–water partition coefficient (Wildman–Crippen LogP) is 2.86. The zero-order valence-electron chi connectivity index (χ0n) is 17.2. The number of amides is 1. The summed E-state index contributed by atoms with van der Waals surface area (Å²) in [6.07, 6.45) is 3.61. The van der Waals surface area contributed by atoms with Gasteiger partial charge in [-0.25, -0.2) is 8.42 Å². The van der Waals surface area contributed by atoms with Gasteiger partial charge in [0.15, 0.2) is 0 Å². The van der Waals surface area contributed by atoms with Crippen LogP contribution >= 0.6 is 0 Å². The Hall–Kier alpha value is -2.20. The number of hydrogen-bond acceptors (Lipinski definition) is 6. The van der Waals surface area contributed by atoms with E-state index in [1.54, 1.807) is 0 Å². The maximum atomic E-state index is 12.8. The van der Waals surface area contributed by atoms with Crippen LogP contribution in [0, 0.1) is 15.5 Å². The first kappa shape index (κ1) is 23.1. The minimum atomic E-state index is -3.80. The van der Waals surface area contributed by atoms with Crippen molar-refractivity contribution < 1.29 is 18.1 Å². The zero-order valence-corrected chi connectivity index (χ0v) is 18.0. The molecule has 1 saturated heterocycles. The summed E-state index contributed by atoms with van der Waals surface area (Å²) >= 11 is 0. The van der Waals surface area contributed by atoms with Crippen LogP contribution in [0.3, 0.4) is 0 Å². The van der Waals surface area contributed by atoms with Crippen molar-refractivity contribution in [3.05, 3.63) is 28.3 Å². The standard InChI is InChI=1S/C19H30N4O5S/c1-19(2,3)10-9-16(18(20)24)21-15-8-7-14(13-17(15)23(25)26)29(27,28)22-11-5-4-6-12-22/h7-8,13,16,21H,4-6,9-12H2,1-3H3,(H2,20,24)/t16-/m1/s1. The van der Waals surface area contributed by atoms with Gasteiger partial charge >= 0.3 is 0 Å². The number of carbonyl (C=O) groups is 1. The fourth-order valence-electron chi connectivity index (χ4n) is 3.25. The molecule has 0 saturated carbocycles. The van der Waals surface area contributed by atoms with Crippen molar-refractivity contribution in [2.24, 2.45) is 11.1 Å². The number of nitrogens with one attached hydrogen (secondary N) is 1. The number of rotatable bonds is 8. The molecular formula is C19H30N4O5S. The van der Waals surface area contributed by atoms with Gasteiger partial charge in [-0.2, -0.15) is 4.31 Å². The average Bonchev–Trinajstić information content (AvgIpc) is 2.64. The molecule has 10 heteroatoms. The van der Waals surface area contributed by atoms with Crippen molar-refractivity contribution in [3.8, 4) is 0 Å². The minimum Gasteiger partial charge on any atom is -0.368 e. The Labute approximate surface area is 171 Å². The SMILES string of the molecule is CC(C)(C)CC[C@@H](Nc1ccc(S(=O)(=O)N2CCCCC2)cc1[N+](=O)[O-])C(N)=O. The van der Waals surface area contributed by atoms with Gasteiger partial charge in [0.1, 0.15) is 11.7 Å². The van der Waals surface area contributed by atoms with Gasteiger partial charge in [0, 0.05) is 19.2 Å². The van der Waals surface area contributed by atoms with Crippen LogP contribution in [0.4, 0.5) is 11.4 Å². The summed E-state index contributed by atoms with van der Waals surface area (Å²) in [5.74, 6) is -0.617. The fraction of sp³-hybridized carbons (Fsp3) is 0.632. The second-order valence-electron chi connectivity index (χ2n) is 8.60. The van der Waals surface area contributed by atoms with E-state index in [1.165, 1.54) is 16.4 Å². The number of sulfonamides is 1. The number of benzene rings is 1. The van der Waals surface area contributed by atoms with Crippen LogP contribution in [0.2, 0.25) is 0 Å². The van der Waals surface area contributed by atoms with E-state index in [9.17, 15) is 23.3 Å². The quantitative estimate of drug-likeness (QED) is 0.484. The molecule has 1 amide bonds. The molecule has 29 heavy (non-hydrogen) atoms. The lowest BCUT2D eigenvalue weighted by Crippen LogP contribution is -2.36. The molecule has 0 radical (unpaired) electrons. The van der Waals surface area contributed by atoms with Gasteiger partial charge in [-0.15, -0.1) is 0 Å². The molecule has 2 rings (SSSR count). The van der Waals surface area contributed by atoms with Crippen LogP contribution in [-0.2, 0) is 14.8 Å². The molecule has 1 aromatic rings. The normalized spacial score (nSPS) is 16.9. The predicted molar refractivity (Wildman–Crippen MR) is 111 cm³/mol. The summed E-state index contributed by atoms with van der Waals surface area (Å²) in [5.41, 5.74) is 5.11. The van der Waals surface area contributed by atoms with Crippen molar-refractivity contribution in [1.29, 1.82) is 0 Å². The number of carbonyl (C=O) groups excluding carboxylic acids is 1. The highest BCUT2D eigenvalue weighted by Gasteiger charge is 2.29. The zero-order chi connectivity index (χ0) is 21.8. The number of nitro groups is 1. The van der Waals surface area contributed by atoms with Gasteiger partial charge < -0.3 is 11.1 Å². The Balaban J connectivity index is 2.31. The largest absolute Gasteiger partial charge is 0.368 e. The Morgan fingerprint density at radius 2 is 1.90 bits per heavy atom. The van der Waals surface area contributed by atoms with E-state index < -0.39 is 32.6 Å². The third-order valence-electron chi connectivity index (χ3n) is 4.97. The molecule has 1 aliphatic rings. The van der Waals surface area contributed by atoms with E-state index in [-0.39, 0.29) is 16.0 Å². The van der Waals surface area contributed by atoms with Crippen molar-refractivity contribution >= 4 is 27.3 Å². The second kappa shape index (κ2) is 9.08. The number of hydrogen-bond donors (Lipinski definition) is 2. The van der Waals surface area contributed by atoms with E-state index in [0.717, 1.165) is 25.3 Å². The van der Waals surface area contributed by atoms with Crippen molar-refractivity contribution in [2.45, 2.75) is 63.8 Å². The highest BCUT2D eigenvalue weighted by molar-refractivity contribution is 7.89. The summed E-state index contributed by atoms with van der Waals surface area (Å²) in [4.78, 5) is 22.6. The van der Waals surface area contributed by atoms with Crippen molar-refractivity contribution in [3.63, 3.8) is 0 Å². The van der Waals surface area contributed by atoms with Crippen molar-refractivity contribution in [2.75, 3.05) is 18.4 Å². The number of nitrogens with zero attached hydrogens (tertiary/aromatic N) is 2. The van der Waals surface area contributed by atoms with E-state index in [1.807, 2.05) is 20.8 Å². The molecule has 0 spiro atoms. The van der Waals surface area contributed by atoms with Crippen LogP contribution in [0.1, 0.15) is 52.9 Å². The monoisotopic (exact) mass is 426 g/mol. The Kier molecular flexibility index (Phi) is 7.23. The minimum absolute atomic E-state index is 0.0340. The van der Waals surface area contributed by atoms with E-state index in [2.05, 4.69) is 5.32 Å². The second-order valence-corrected chi connectivity index (χ2v) is 10.5. The van der Waals surface area contributed by atoms with Crippen molar-refractivity contribution in [1.82, 2.24) is 4.31 Å². The lowest BCUT2D eigenvalue weighted by Gasteiger charge is -2.26. The van der Waals surface area contributed by atoms with Crippen LogP contribution in [0.25, 0.3) is 0 Å². The molecule has 9 nitrogen and oxygen atoms in total. The first-order chi connectivity index (χ1) is 13.4. The maximum Gasteiger partial charge on any atom is 0.293 e. The van der Waals surface area contributed by atoms with Crippen LogP contribution in [-0.4, -0.2) is 42.7 Å². The Morgan fingerprint density at radius 1 is 1.28 bits per heavy atom. The van der Waals surface area contributed by atoms with E-state index in [0.29, 0.717) is 25.9 Å². The first-order valence-corrected chi connectivity index (χ1v) is 11.2. The molecule has 0 aliphatic carbocycles. The molecule has 0 aromatic heterocycles. The van der Waals surface area contributed by atoms with Gasteiger partial charge in [-0.05, 0) is 43.2 Å². The highest BCUT2D eigenvalue weighted by atomic mass is 32.2. The molecule has 0 unspecified atom stereocenters. The van der Waals surface area contributed by atoms with Gasteiger partial charge in [-0.3, -0.25) is 14.9 Å². The summed E-state index contributed by atoms with van der Waals surface area (Å²) in [6, 6.07) is 2.93. The average molecular weight is 427 g/mol. The van der Waals surface area contributed by atoms with E-state index in [4.69, 9.17) is 5.73 Å². The summed E-state index contributed by atoms with van der Waals surface area (Å²) in [5, 5.41) is 14.4. The molecule has 1 atom stereocenters. The summed E-state index contributed by atoms with van der Waals surface area (Å²) < 4.78 is 27.0. The number of nitro benzene ring substituents is 1. The topological polar surface area (TPSA) is 136 Å². The number of piperidine rings is 1. The molecule has 1 aromatic carbocycles. The molecule has 162 valence electrons. The van der Waals surface area contributed by atoms with Crippen LogP contribution in [0.5, 0.6) is 0 Å². The van der Waals surface area contributed by atoms with Crippen LogP contribution in [0.15, 0.2) is 23.1 Å². The molecule has 1 aliphatic heterocycles. The number of primary amides is 1. The molecular weight excluding hydrogens is 396 g/mol. The summed E-state index contributed by atoms with van der Waals surface area (Å²) in [6.45, 7) is 6.88. The van der Waals surface area contributed by atoms with Crippen LogP contribution < -0.4 is 11.1 Å². The molecule has 1 heterocycles. The van der Waals surface area contributed by atoms with Gasteiger partial charge in [0.25, 0.3) is 5.69 Å². The molecule has 3 N–H and O–H groups in total. The Bertz CT molecular complexity index is 858. The Morgan fingerprint density at radius 3 is 2.41 bits per heavy atom. The molecule has 0 bridgehead atoms. The smallest absolute Gasteiger partial charge is 0.293 e. The first-order valence-electron chi connectivity index (χ1n) is 9.76. The maximum absolute atomic E-state index is 12.8. The van der Waals surface area contributed by atoms with Gasteiger partial charge in [0.2, 0.25) is 15.9 Å². The van der Waals surface area contributed by atoms with Gasteiger partial charge in [0.05, 0.1) is 9.82 Å². The molecule has 1 fully saturated rings. The third kappa shape index (κ3) is 6.14. The summed E-state index contributed by atoms with van der Waals surface area (Å²) in [7, 11) is -3.80. The highest BCUT2D eigenvalue weighted by Crippen LogP contribution is 2.31. The third-order valence-corrected chi connectivity index (χ3v) is 6.87. The lowest BCUT2D eigenvalue weighted by atomic mass is 9.88. The van der Waals surface area contributed by atoms with E-state index >= 15 is 0 Å². The fourth-order valence-corrected chi connectivity index (χ4v) is 4.79. The number of anilines is 1. The number of nitrogens with two attached hydrogens (primary N) is 1. The van der Waals surface area contributed by atoms with Gasteiger partial charge in [-0.1, -0.05) is 27.2 Å².